The number of hydrogen-bond acceptors (Lipinski definition) is 4. The monoisotopic (exact) mass is 372 g/mol. The molecule has 1 aromatic carbocycles. The van der Waals surface area contributed by atoms with Crippen molar-refractivity contribution >= 4 is 29.9 Å². The van der Waals surface area contributed by atoms with Gasteiger partial charge in [0.05, 0.1) is 0 Å². The van der Waals surface area contributed by atoms with Gasteiger partial charge in [0, 0.05) is 29.5 Å². The van der Waals surface area contributed by atoms with Gasteiger partial charge in [-0.1, -0.05) is 11.8 Å². The van der Waals surface area contributed by atoms with E-state index in [0.29, 0.717) is 40.0 Å². The summed E-state index contributed by atoms with van der Waals surface area (Å²) in [6, 6.07) is 6.27. The van der Waals surface area contributed by atoms with Crippen LogP contribution in [-0.2, 0) is 6.42 Å². The van der Waals surface area contributed by atoms with Crippen LogP contribution in [0, 0.1) is 4.77 Å². The number of rotatable bonds is 7. The van der Waals surface area contributed by atoms with E-state index in [-0.39, 0.29) is 11.9 Å². The van der Waals surface area contributed by atoms with Crippen LogP contribution in [0.3, 0.4) is 0 Å². The number of amides is 1. The van der Waals surface area contributed by atoms with Gasteiger partial charge in [0.15, 0.2) is 4.77 Å². The minimum absolute atomic E-state index is 0.182. The second-order valence-electron chi connectivity index (χ2n) is 5.32. The molecule has 0 aliphatic heterocycles. The number of aromatic nitrogens is 3. The van der Waals surface area contributed by atoms with Crippen LogP contribution in [0.4, 0.5) is 8.78 Å². The van der Waals surface area contributed by atoms with Crippen LogP contribution in [0.1, 0.15) is 36.1 Å². The van der Waals surface area contributed by atoms with Crippen molar-refractivity contribution in [3.63, 3.8) is 0 Å². The summed E-state index contributed by atoms with van der Waals surface area (Å²) in [5.41, 5.74) is 0.427. The number of carbonyl (C=O) groups excluding carboxylic acids is 1. The first kappa shape index (κ1) is 18.6. The molecule has 24 heavy (non-hydrogen) atoms. The molecule has 0 saturated heterocycles. The Bertz CT molecular complexity index is 741. The molecule has 0 radical (unpaired) electrons. The van der Waals surface area contributed by atoms with E-state index in [9.17, 15) is 13.6 Å². The Kier molecular flexibility index (Phi) is 6.50. The minimum atomic E-state index is -2.47. The standard InChI is InChI=1S/C15H18F2N4OS2/c1-9(2)21-12(19-20-15(21)23)7-8-18-13(22)10-3-5-11(6-4-10)24-14(16)17/h3-6,9,14H,7-8H2,1-2H3,(H,18,22)(H,20,23). The fourth-order valence-electron chi connectivity index (χ4n) is 2.22. The molecule has 0 atom stereocenters. The molecule has 1 amide bonds. The van der Waals surface area contributed by atoms with Gasteiger partial charge in [0.25, 0.3) is 11.7 Å². The van der Waals surface area contributed by atoms with Crippen LogP contribution in [0.25, 0.3) is 0 Å². The average molecular weight is 372 g/mol. The fourth-order valence-corrected chi connectivity index (χ4v) is 3.08. The van der Waals surface area contributed by atoms with Crippen molar-refractivity contribution in [2.45, 2.75) is 37.0 Å². The number of nitrogens with zero attached hydrogens (tertiary/aromatic N) is 2. The number of thioether (sulfide) groups is 1. The number of alkyl halides is 2. The van der Waals surface area contributed by atoms with Crippen LogP contribution in [-0.4, -0.2) is 33.0 Å². The van der Waals surface area contributed by atoms with E-state index in [0.717, 1.165) is 5.82 Å². The van der Waals surface area contributed by atoms with Crippen molar-refractivity contribution in [1.82, 2.24) is 20.1 Å². The van der Waals surface area contributed by atoms with Gasteiger partial charge >= 0.3 is 0 Å². The lowest BCUT2D eigenvalue weighted by atomic mass is 10.2. The molecule has 2 rings (SSSR count). The van der Waals surface area contributed by atoms with Gasteiger partial charge in [-0.15, -0.1) is 0 Å². The number of H-pyrrole nitrogens is 1. The van der Waals surface area contributed by atoms with Gasteiger partial charge in [-0.3, -0.25) is 9.89 Å². The maximum Gasteiger partial charge on any atom is 0.288 e. The Morgan fingerprint density at radius 1 is 1.38 bits per heavy atom. The van der Waals surface area contributed by atoms with Gasteiger partial charge in [-0.05, 0) is 50.3 Å². The lowest BCUT2D eigenvalue weighted by Gasteiger charge is -2.10. The Labute approximate surface area is 147 Å². The zero-order valence-corrected chi connectivity index (χ0v) is 14.9. The number of hydrogen-bond donors (Lipinski definition) is 2. The summed E-state index contributed by atoms with van der Waals surface area (Å²) in [4.78, 5) is 12.5. The number of aromatic amines is 1. The van der Waals surface area contributed by atoms with Crippen LogP contribution < -0.4 is 5.32 Å². The van der Waals surface area contributed by atoms with E-state index < -0.39 is 5.76 Å². The molecule has 0 bridgehead atoms. The third kappa shape index (κ3) is 4.88. The highest BCUT2D eigenvalue weighted by Gasteiger charge is 2.11. The molecule has 1 aromatic heterocycles. The smallest absolute Gasteiger partial charge is 0.288 e. The van der Waals surface area contributed by atoms with Crippen molar-refractivity contribution in [2.24, 2.45) is 0 Å². The van der Waals surface area contributed by atoms with E-state index in [1.807, 2.05) is 18.4 Å². The highest BCUT2D eigenvalue weighted by molar-refractivity contribution is 7.99. The molecule has 1 heterocycles. The zero-order valence-electron chi connectivity index (χ0n) is 13.3. The third-order valence-corrected chi connectivity index (χ3v) is 4.28. The summed E-state index contributed by atoms with van der Waals surface area (Å²) in [5.74, 6) is -1.95. The molecule has 2 N–H and O–H groups in total. The molecule has 0 aliphatic carbocycles. The molecule has 0 saturated carbocycles. The van der Waals surface area contributed by atoms with Crippen LogP contribution >= 0.6 is 24.0 Å². The lowest BCUT2D eigenvalue weighted by molar-refractivity contribution is 0.0954. The van der Waals surface area contributed by atoms with E-state index in [4.69, 9.17) is 12.2 Å². The predicted molar refractivity (Wildman–Crippen MR) is 92.1 cm³/mol. The van der Waals surface area contributed by atoms with Gasteiger partial charge in [-0.2, -0.15) is 13.9 Å². The van der Waals surface area contributed by atoms with Gasteiger partial charge in [-0.25, -0.2) is 0 Å². The van der Waals surface area contributed by atoms with Crippen molar-refractivity contribution in [3.8, 4) is 0 Å². The molecular weight excluding hydrogens is 354 g/mol. The Balaban J connectivity index is 1.91. The SMILES string of the molecule is CC(C)n1c(CCNC(=O)c2ccc(SC(F)F)cc2)n[nH]c1=S. The Morgan fingerprint density at radius 3 is 2.62 bits per heavy atom. The lowest BCUT2D eigenvalue weighted by Crippen LogP contribution is -2.26. The Morgan fingerprint density at radius 2 is 2.04 bits per heavy atom. The van der Waals surface area contributed by atoms with Crippen molar-refractivity contribution in [3.05, 3.63) is 40.4 Å². The molecule has 0 aliphatic rings. The van der Waals surface area contributed by atoms with Crippen molar-refractivity contribution in [1.29, 1.82) is 0 Å². The molecule has 130 valence electrons. The zero-order chi connectivity index (χ0) is 17.7. The second kappa shape index (κ2) is 8.39. The molecular formula is C15H18F2N4OS2. The maximum absolute atomic E-state index is 12.3. The number of nitrogens with one attached hydrogen (secondary N) is 2. The molecule has 0 spiro atoms. The molecule has 0 unspecified atom stereocenters. The highest BCUT2D eigenvalue weighted by atomic mass is 32.2. The van der Waals surface area contributed by atoms with Crippen LogP contribution in [0.15, 0.2) is 29.2 Å². The number of halogens is 2. The summed E-state index contributed by atoms with van der Waals surface area (Å²) in [6.45, 7) is 4.41. The highest BCUT2D eigenvalue weighted by Crippen LogP contribution is 2.25. The summed E-state index contributed by atoms with van der Waals surface area (Å²) < 4.78 is 27.0. The fraction of sp³-hybridized carbons (Fsp3) is 0.400. The van der Waals surface area contributed by atoms with Crippen molar-refractivity contribution in [2.75, 3.05) is 6.54 Å². The third-order valence-electron chi connectivity index (χ3n) is 3.27. The van der Waals surface area contributed by atoms with Gasteiger partial charge in [0.2, 0.25) is 0 Å². The largest absolute Gasteiger partial charge is 0.352 e. The summed E-state index contributed by atoms with van der Waals surface area (Å²) in [5, 5.41) is 9.70. The summed E-state index contributed by atoms with van der Waals surface area (Å²) in [6.07, 6.45) is 0.538. The first-order valence-electron chi connectivity index (χ1n) is 7.37. The van der Waals surface area contributed by atoms with E-state index in [1.54, 1.807) is 0 Å². The van der Waals surface area contributed by atoms with Crippen LogP contribution in [0.5, 0.6) is 0 Å². The second-order valence-corrected chi connectivity index (χ2v) is 6.77. The quantitative estimate of drug-likeness (QED) is 0.573. The van der Waals surface area contributed by atoms with E-state index >= 15 is 0 Å². The van der Waals surface area contributed by atoms with E-state index in [2.05, 4.69) is 15.5 Å². The normalized spacial score (nSPS) is 11.2. The molecule has 0 fully saturated rings. The first-order valence-corrected chi connectivity index (χ1v) is 8.66. The predicted octanol–water partition coefficient (Wildman–Crippen LogP) is 3.81. The molecule has 2 aromatic rings. The summed E-state index contributed by atoms with van der Waals surface area (Å²) >= 11 is 5.62. The molecule has 9 heteroatoms. The van der Waals surface area contributed by atoms with Crippen molar-refractivity contribution < 1.29 is 13.6 Å². The Hall–Kier alpha value is -1.74. The topological polar surface area (TPSA) is 62.7 Å². The maximum atomic E-state index is 12.3. The molecule has 5 nitrogen and oxygen atoms in total. The number of benzene rings is 1. The van der Waals surface area contributed by atoms with Gasteiger partial charge < -0.3 is 9.88 Å². The average Bonchev–Trinajstić information content (AvgIpc) is 2.88. The van der Waals surface area contributed by atoms with Gasteiger partial charge in [0.1, 0.15) is 5.82 Å². The summed E-state index contributed by atoms with van der Waals surface area (Å²) in [7, 11) is 0. The first-order chi connectivity index (χ1) is 11.4. The minimum Gasteiger partial charge on any atom is -0.352 e. The number of carbonyl (C=O) groups is 1. The van der Waals surface area contributed by atoms with E-state index in [1.165, 1.54) is 24.3 Å². The van der Waals surface area contributed by atoms with Crippen LogP contribution in [0.2, 0.25) is 0 Å².